The summed E-state index contributed by atoms with van der Waals surface area (Å²) in [6.07, 6.45) is 1.13. The van der Waals surface area contributed by atoms with E-state index < -0.39 is 23.8 Å². The minimum Gasteiger partial charge on any atom is -0.444 e. The van der Waals surface area contributed by atoms with E-state index in [2.05, 4.69) is 17.6 Å². The second kappa shape index (κ2) is 12.9. The van der Waals surface area contributed by atoms with Crippen LogP contribution in [0.2, 0.25) is 0 Å². The number of aryl methyl sites for hydroxylation is 2. The van der Waals surface area contributed by atoms with Crippen LogP contribution in [0.25, 0.3) is 0 Å². The van der Waals surface area contributed by atoms with Crippen LogP contribution < -0.4 is 10.6 Å². The van der Waals surface area contributed by atoms with Crippen molar-refractivity contribution < 1.29 is 19.1 Å². The summed E-state index contributed by atoms with van der Waals surface area (Å²) in [5, 5.41) is 5.86. The van der Waals surface area contributed by atoms with Gasteiger partial charge in [0.1, 0.15) is 17.7 Å². The molecule has 0 aliphatic heterocycles. The molecule has 7 heteroatoms. The molecule has 0 saturated heterocycles. The fraction of sp³-hybridized carbons (Fsp3) is 0.679. The van der Waals surface area contributed by atoms with Crippen molar-refractivity contribution in [1.82, 2.24) is 15.5 Å². The van der Waals surface area contributed by atoms with Crippen molar-refractivity contribution >= 4 is 17.9 Å². The molecular weight excluding hydrogens is 442 g/mol. The number of amides is 3. The van der Waals surface area contributed by atoms with Gasteiger partial charge in [-0.25, -0.2) is 4.79 Å². The smallest absolute Gasteiger partial charge is 0.408 e. The van der Waals surface area contributed by atoms with Crippen LogP contribution in [0, 0.1) is 19.8 Å². The third-order valence-corrected chi connectivity index (χ3v) is 5.61. The Morgan fingerprint density at radius 2 is 1.49 bits per heavy atom. The van der Waals surface area contributed by atoms with E-state index in [0.717, 1.165) is 29.5 Å². The average molecular weight is 490 g/mol. The van der Waals surface area contributed by atoms with Crippen molar-refractivity contribution in [3.05, 3.63) is 34.9 Å². The van der Waals surface area contributed by atoms with E-state index in [-0.39, 0.29) is 29.8 Å². The molecule has 1 rings (SSSR count). The summed E-state index contributed by atoms with van der Waals surface area (Å²) in [5.41, 5.74) is 2.10. The first-order chi connectivity index (χ1) is 16.1. The second-order valence-electron chi connectivity index (χ2n) is 11.2. The Hall–Kier alpha value is -2.57. The summed E-state index contributed by atoms with van der Waals surface area (Å²) < 4.78 is 5.41. The van der Waals surface area contributed by atoms with E-state index in [4.69, 9.17) is 4.74 Å². The van der Waals surface area contributed by atoms with Gasteiger partial charge in [0.15, 0.2) is 0 Å². The van der Waals surface area contributed by atoms with E-state index in [0.29, 0.717) is 0 Å². The number of carbonyl (C=O) groups excluding carboxylic acids is 3. The highest BCUT2D eigenvalue weighted by atomic mass is 16.6. The molecule has 7 nitrogen and oxygen atoms in total. The zero-order valence-corrected chi connectivity index (χ0v) is 23.6. The van der Waals surface area contributed by atoms with Gasteiger partial charge >= 0.3 is 6.09 Å². The van der Waals surface area contributed by atoms with Crippen molar-refractivity contribution in [1.29, 1.82) is 0 Å². The Morgan fingerprint density at radius 3 is 1.91 bits per heavy atom. The molecule has 0 heterocycles. The van der Waals surface area contributed by atoms with Gasteiger partial charge < -0.3 is 20.3 Å². The SMILES string of the molecule is CCCC(C)NC(=O)C(c1cc(C)cc(C)c1)N(C(=O)C(NC(=O)OC(C)(C)C)C(C)C)C(C)C. The highest BCUT2D eigenvalue weighted by Gasteiger charge is 2.39. The lowest BCUT2D eigenvalue weighted by Crippen LogP contribution is -2.57. The number of ether oxygens (including phenoxy) is 1. The molecule has 198 valence electrons. The van der Waals surface area contributed by atoms with Crippen LogP contribution in [0.15, 0.2) is 18.2 Å². The zero-order valence-electron chi connectivity index (χ0n) is 23.6. The maximum absolute atomic E-state index is 14.0. The maximum atomic E-state index is 14.0. The largest absolute Gasteiger partial charge is 0.444 e. The van der Waals surface area contributed by atoms with Crippen LogP contribution in [0.5, 0.6) is 0 Å². The Morgan fingerprint density at radius 1 is 0.943 bits per heavy atom. The van der Waals surface area contributed by atoms with Crippen LogP contribution in [-0.2, 0) is 14.3 Å². The van der Waals surface area contributed by atoms with Crippen molar-refractivity contribution in [3.8, 4) is 0 Å². The number of hydrogen-bond acceptors (Lipinski definition) is 4. The number of hydrogen-bond donors (Lipinski definition) is 2. The molecule has 1 aromatic carbocycles. The van der Waals surface area contributed by atoms with Crippen molar-refractivity contribution in [3.63, 3.8) is 0 Å². The highest BCUT2D eigenvalue weighted by Crippen LogP contribution is 2.28. The van der Waals surface area contributed by atoms with Gasteiger partial charge in [0.25, 0.3) is 0 Å². The molecule has 0 aliphatic rings. The average Bonchev–Trinajstić information content (AvgIpc) is 2.66. The van der Waals surface area contributed by atoms with Crippen molar-refractivity contribution in [2.75, 3.05) is 0 Å². The lowest BCUT2D eigenvalue weighted by molar-refractivity contribution is -0.145. The monoisotopic (exact) mass is 489 g/mol. The first kappa shape index (κ1) is 30.5. The number of nitrogens with zero attached hydrogens (tertiary/aromatic N) is 1. The molecule has 0 aromatic heterocycles. The molecule has 2 N–H and O–H groups in total. The van der Waals surface area contributed by atoms with Gasteiger partial charge in [0.05, 0.1) is 0 Å². The summed E-state index contributed by atoms with van der Waals surface area (Å²) in [5.74, 6) is -0.751. The molecule has 0 radical (unpaired) electrons. The van der Waals surface area contributed by atoms with Crippen molar-refractivity contribution in [2.45, 2.75) is 119 Å². The molecule has 0 aliphatic carbocycles. The van der Waals surface area contributed by atoms with Crippen LogP contribution in [0.3, 0.4) is 0 Å². The molecule has 0 fully saturated rings. The third-order valence-electron chi connectivity index (χ3n) is 5.61. The molecule has 35 heavy (non-hydrogen) atoms. The number of nitrogens with one attached hydrogen (secondary N) is 2. The predicted molar refractivity (Wildman–Crippen MR) is 141 cm³/mol. The molecule has 0 bridgehead atoms. The Labute approximate surface area is 212 Å². The number of carbonyl (C=O) groups is 3. The summed E-state index contributed by atoms with van der Waals surface area (Å²) in [6.45, 7) is 20.8. The summed E-state index contributed by atoms with van der Waals surface area (Å²) in [7, 11) is 0. The fourth-order valence-electron chi connectivity index (χ4n) is 4.22. The number of alkyl carbamates (subject to hydrolysis) is 1. The Bertz CT molecular complexity index is 853. The van der Waals surface area contributed by atoms with Crippen molar-refractivity contribution in [2.24, 2.45) is 5.92 Å². The minimum atomic E-state index is -0.846. The zero-order chi connectivity index (χ0) is 27.1. The fourth-order valence-corrected chi connectivity index (χ4v) is 4.22. The summed E-state index contributed by atoms with van der Waals surface area (Å²) in [4.78, 5) is 41.9. The maximum Gasteiger partial charge on any atom is 0.408 e. The van der Waals surface area contributed by atoms with E-state index in [1.54, 1.807) is 25.7 Å². The van der Waals surface area contributed by atoms with E-state index >= 15 is 0 Å². The first-order valence-electron chi connectivity index (χ1n) is 12.8. The topological polar surface area (TPSA) is 87.7 Å². The number of rotatable bonds is 10. The first-order valence-corrected chi connectivity index (χ1v) is 12.8. The quantitative estimate of drug-likeness (QED) is 0.458. The van der Waals surface area contributed by atoms with Gasteiger partial charge in [-0.3, -0.25) is 9.59 Å². The highest BCUT2D eigenvalue weighted by molar-refractivity contribution is 5.92. The third kappa shape index (κ3) is 9.54. The van der Waals surface area contributed by atoms with Gasteiger partial charge in [0, 0.05) is 12.1 Å². The lowest BCUT2D eigenvalue weighted by atomic mass is 9.95. The van der Waals surface area contributed by atoms with E-state index in [9.17, 15) is 14.4 Å². The molecule has 1 aromatic rings. The molecule has 3 amide bonds. The molecular formula is C28H47N3O4. The predicted octanol–water partition coefficient (Wildman–Crippen LogP) is 5.44. The van der Waals surface area contributed by atoms with Crippen LogP contribution in [0.1, 0.15) is 97.9 Å². The van der Waals surface area contributed by atoms with Gasteiger partial charge in [-0.1, -0.05) is 56.5 Å². The van der Waals surface area contributed by atoms with Gasteiger partial charge in [0.2, 0.25) is 11.8 Å². The van der Waals surface area contributed by atoms with Gasteiger partial charge in [-0.2, -0.15) is 0 Å². The molecule has 3 atom stereocenters. The van der Waals surface area contributed by atoms with Gasteiger partial charge in [-0.15, -0.1) is 0 Å². The normalized spacial score (nSPS) is 14.3. The Balaban J connectivity index is 3.51. The van der Waals surface area contributed by atoms with Crippen LogP contribution >= 0.6 is 0 Å². The summed E-state index contributed by atoms with van der Waals surface area (Å²) in [6, 6.07) is 3.96. The standard InChI is InChI=1S/C28H47N3O4/c1-12-13-21(8)29-25(32)24(22-15-19(6)14-20(7)16-22)31(18(4)5)26(33)23(17(2)3)30-27(34)35-28(9,10)11/h14-18,21,23-24H,12-13H2,1-11H3,(H,29,32)(H,30,34). The summed E-state index contributed by atoms with van der Waals surface area (Å²) >= 11 is 0. The van der Waals surface area contributed by atoms with Crippen LogP contribution in [-0.4, -0.2) is 46.5 Å². The molecule has 0 spiro atoms. The Kier molecular flexibility index (Phi) is 11.3. The second-order valence-corrected chi connectivity index (χ2v) is 11.2. The molecule has 3 unspecified atom stereocenters. The minimum absolute atomic E-state index is 0.0224. The van der Waals surface area contributed by atoms with Crippen LogP contribution in [0.4, 0.5) is 4.79 Å². The lowest BCUT2D eigenvalue weighted by Gasteiger charge is -2.38. The number of benzene rings is 1. The van der Waals surface area contributed by atoms with Gasteiger partial charge in [-0.05, 0) is 73.3 Å². The van der Waals surface area contributed by atoms with E-state index in [1.807, 2.05) is 66.7 Å². The molecule has 0 saturated carbocycles. The van der Waals surface area contributed by atoms with E-state index in [1.165, 1.54) is 0 Å².